The van der Waals surface area contributed by atoms with E-state index < -0.39 is 0 Å². The number of hydrogen-bond donors (Lipinski definition) is 1. The van der Waals surface area contributed by atoms with Gasteiger partial charge in [-0.25, -0.2) is 4.79 Å². The molecular weight excluding hydrogens is 206 g/mol. The zero-order valence-corrected chi connectivity index (χ0v) is 9.52. The Labute approximate surface area is 96.3 Å². The summed E-state index contributed by atoms with van der Waals surface area (Å²) in [4.78, 5) is 18.5. The van der Waals surface area contributed by atoms with Gasteiger partial charge in [-0.2, -0.15) is 0 Å². The number of hydrogen-bond acceptors (Lipinski definition) is 4. The van der Waals surface area contributed by atoms with E-state index in [9.17, 15) is 4.79 Å². The fourth-order valence-electron chi connectivity index (χ4n) is 1.44. The molecule has 0 aromatic rings. The Balaban J connectivity index is 2.39. The molecule has 1 N–H and O–H groups in total. The number of hydroxylamine groups is 2. The Bertz CT molecular complexity index is 240. The summed E-state index contributed by atoms with van der Waals surface area (Å²) in [7, 11) is 0. The van der Waals surface area contributed by atoms with Crippen LogP contribution in [-0.4, -0.2) is 55.3 Å². The number of amides is 1. The highest BCUT2D eigenvalue weighted by Crippen LogP contribution is 2.00. The topological polar surface area (TPSA) is 44.8 Å². The second-order valence-corrected chi connectivity index (χ2v) is 3.52. The van der Waals surface area contributed by atoms with Gasteiger partial charge < -0.3 is 10.2 Å². The van der Waals surface area contributed by atoms with Gasteiger partial charge in [0.25, 0.3) is 0 Å². The van der Waals surface area contributed by atoms with Crippen molar-refractivity contribution in [2.75, 3.05) is 39.3 Å². The van der Waals surface area contributed by atoms with Crippen molar-refractivity contribution >= 4 is 6.09 Å². The van der Waals surface area contributed by atoms with E-state index in [0.717, 1.165) is 26.2 Å². The van der Waals surface area contributed by atoms with Crippen molar-refractivity contribution in [1.29, 1.82) is 0 Å². The van der Waals surface area contributed by atoms with Crippen LogP contribution in [0.4, 0.5) is 4.79 Å². The van der Waals surface area contributed by atoms with E-state index in [4.69, 9.17) is 4.84 Å². The molecule has 1 saturated heterocycles. The Kier molecular flexibility index (Phi) is 5.60. The van der Waals surface area contributed by atoms with Gasteiger partial charge in [0.1, 0.15) is 0 Å². The van der Waals surface area contributed by atoms with Gasteiger partial charge in [-0.3, -0.25) is 4.90 Å². The molecule has 0 aromatic heterocycles. The van der Waals surface area contributed by atoms with E-state index in [1.807, 2.05) is 0 Å². The Morgan fingerprint density at radius 3 is 2.38 bits per heavy atom. The molecule has 1 rings (SSSR count). The maximum atomic E-state index is 11.7. The molecule has 0 aliphatic carbocycles. The maximum Gasteiger partial charge on any atom is 0.429 e. The van der Waals surface area contributed by atoms with Crippen LogP contribution in [0.3, 0.4) is 0 Å². The molecule has 1 aliphatic rings. The van der Waals surface area contributed by atoms with Crippen molar-refractivity contribution in [3.8, 4) is 0 Å². The first-order chi connectivity index (χ1) is 7.77. The number of rotatable bonds is 5. The van der Waals surface area contributed by atoms with Crippen molar-refractivity contribution in [2.45, 2.75) is 0 Å². The maximum absolute atomic E-state index is 11.7. The van der Waals surface area contributed by atoms with Crippen molar-refractivity contribution < 1.29 is 9.63 Å². The van der Waals surface area contributed by atoms with Crippen LogP contribution in [0.15, 0.2) is 25.3 Å². The molecule has 0 spiro atoms. The zero-order valence-electron chi connectivity index (χ0n) is 9.52. The van der Waals surface area contributed by atoms with Crippen LogP contribution in [0.2, 0.25) is 0 Å². The van der Waals surface area contributed by atoms with Gasteiger partial charge in [-0.1, -0.05) is 12.2 Å². The summed E-state index contributed by atoms with van der Waals surface area (Å²) in [5.74, 6) is 0. The SMILES string of the molecule is C=CCN(CC=C)C(=O)ON1CCNCC1. The normalized spacial score (nSPS) is 16.5. The van der Waals surface area contributed by atoms with E-state index in [2.05, 4.69) is 18.5 Å². The lowest BCUT2D eigenvalue weighted by molar-refractivity contribution is -0.116. The Morgan fingerprint density at radius 1 is 1.31 bits per heavy atom. The van der Waals surface area contributed by atoms with Crippen LogP contribution >= 0.6 is 0 Å². The minimum absolute atomic E-state index is 0.346. The van der Waals surface area contributed by atoms with Crippen molar-refractivity contribution in [3.63, 3.8) is 0 Å². The van der Waals surface area contributed by atoms with Gasteiger partial charge in [-0.05, 0) is 0 Å². The zero-order chi connectivity index (χ0) is 11.8. The molecule has 0 aromatic carbocycles. The second-order valence-electron chi connectivity index (χ2n) is 3.52. The summed E-state index contributed by atoms with van der Waals surface area (Å²) >= 11 is 0. The standard InChI is InChI=1S/C11H19N3O2/c1-3-7-13(8-4-2)11(15)16-14-9-5-12-6-10-14/h3-4,12H,1-2,5-10H2. The predicted molar refractivity (Wildman–Crippen MR) is 62.9 cm³/mol. The summed E-state index contributed by atoms with van der Waals surface area (Å²) < 4.78 is 0. The third-order valence-corrected chi connectivity index (χ3v) is 2.24. The summed E-state index contributed by atoms with van der Waals surface area (Å²) in [6, 6.07) is 0. The van der Waals surface area contributed by atoms with Crippen molar-refractivity contribution in [3.05, 3.63) is 25.3 Å². The molecule has 90 valence electrons. The lowest BCUT2D eigenvalue weighted by atomic mass is 10.4. The van der Waals surface area contributed by atoms with Crippen molar-refractivity contribution in [1.82, 2.24) is 15.3 Å². The number of nitrogens with zero attached hydrogens (tertiary/aromatic N) is 2. The van der Waals surface area contributed by atoms with Gasteiger partial charge in [0, 0.05) is 39.3 Å². The van der Waals surface area contributed by atoms with Crippen LogP contribution in [-0.2, 0) is 4.84 Å². The van der Waals surface area contributed by atoms with E-state index >= 15 is 0 Å². The van der Waals surface area contributed by atoms with Crippen LogP contribution in [0.1, 0.15) is 0 Å². The van der Waals surface area contributed by atoms with E-state index in [0.29, 0.717) is 13.1 Å². The number of piperazine rings is 1. The molecule has 1 fully saturated rings. The summed E-state index contributed by atoms with van der Waals surface area (Å²) in [6.07, 6.45) is 2.99. The molecule has 0 atom stereocenters. The highest BCUT2D eigenvalue weighted by atomic mass is 16.7. The average Bonchev–Trinajstić information content (AvgIpc) is 2.30. The minimum Gasteiger partial charge on any atom is -0.351 e. The minimum atomic E-state index is -0.346. The average molecular weight is 225 g/mol. The smallest absolute Gasteiger partial charge is 0.351 e. The molecule has 5 heteroatoms. The third kappa shape index (κ3) is 4.04. The number of carbonyl (C=O) groups is 1. The lowest BCUT2D eigenvalue weighted by Gasteiger charge is -2.28. The summed E-state index contributed by atoms with van der Waals surface area (Å²) in [5.41, 5.74) is 0. The number of nitrogens with one attached hydrogen (secondary N) is 1. The first-order valence-corrected chi connectivity index (χ1v) is 5.42. The second kappa shape index (κ2) is 7.03. The Hall–Kier alpha value is -1.33. The molecule has 16 heavy (non-hydrogen) atoms. The molecule has 1 aliphatic heterocycles. The van der Waals surface area contributed by atoms with Crippen LogP contribution < -0.4 is 5.32 Å². The van der Waals surface area contributed by atoms with E-state index in [-0.39, 0.29) is 6.09 Å². The van der Waals surface area contributed by atoms with Crippen LogP contribution in [0, 0.1) is 0 Å². The third-order valence-electron chi connectivity index (χ3n) is 2.24. The van der Waals surface area contributed by atoms with E-state index in [1.54, 1.807) is 22.1 Å². The molecular formula is C11H19N3O2. The lowest BCUT2D eigenvalue weighted by Crippen LogP contribution is -2.46. The molecule has 5 nitrogen and oxygen atoms in total. The van der Waals surface area contributed by atoms with Gasteiger partial charge >= 0.3 is 6.09 Å². The fourth-order valence-corrected chi connectivity index (χ4v) is 1.44. The van der Waals surface area contributed by atoms with Crippen LogP contribution in [0.25, 0.3) is 0 Å². The largest absolute Gasteiger partial charge is 0.429 e. The van der Waals surface area contributed by atoms with Crippen LogP contribution in [0.5, 0.6) is 0 Å². The molecule has 1 heterocycles. The Morgan fingerprint density at radius 2 is 1.88 bits per heavy atom. The monoisotopic (exact) mass is 225 g/mol. The summed E-state index contributed by atoms with van der Waals surface area (Å²) in [5, 5.41) is 4.87. The first kappa shape index (κ1) is 12.7. The summed E-state index contributed by atoms with van der Waals surface area (Å²) in [6.45, 7) is 11.3. The first-order valence-electron chi connectivity index (χ1n) is 5.42. The number of carbonyl (C=O) groups excluding carboxylic acids is 1. The van der Waals surface area contributed by atoms with Gasteiger partial charge in [0.2, 0.25) is 0 Å². The van der Waals surface area contributed by atoms with Crippen molar-refractivity contribution in [2.24, 2.45) is 0 Å². The highest BCUT2D eigenvalue weighted by Gasteiger charge is 2.18. The van der Waals surface area contributed by atoms with Gasteiger partial charge in [-0.15, -0.1) is 18.2 Å². The molecule has 0 radical (unpaired) electrons. The molecule has 0 saturated carbocycles. The fraction of sp³-hybridized carbons (Fsp3) is 0.545. The quantitative estimate of drug-likeness (QED) is 0.697. The molecule has 0 bridgehead atoms. The predicted octanol–water partition coefficient (Wildman–Crippen LogP) is 0.617. The molecule has 0 unspecified atom stereocenters. The van der Waals surface area contributed by atoms with Gasteiger partial charge in [0.05, 0.1) is 0 Å². The molecule has 1 amide bonds. The highest BCUT2D eigenvalue weighted by molar-refractivity contribution is 5.67. The van der Waals surface area contributed by atoms with Gasteiger partial charge in [0.15, 0.2) is 0 Å². The van der Waals surface area contributed by atoms with E-state index in [1.165, 1.54) is 0 Å².